The van der Waals surface area contributed by atoms with Crippen LogP contribution in [0.1, 0.15) is 51.4 Å². The van der Waals surface area contributed by atoms with Gasteiger partial charge in [0.2, 0.25) is 5.91 Å². The van der Waals surface area contributed by atoms with Crippen molar-refractivity contribution in [2.75, 3.05) is 11.9 Å². The first kappa shape index (κ1) is 12.4. The Balaban J connectivity index is 1.79. The van der Waals surface area contributed by atoms with Crippen LogP contribution in [0.2, 0.25) is 0 Å². The van der Waals surface area contributed by atoms with Crippen molar-refractivity contribution >= 4 is 21.8 Å². The van der Waals surface area contributed by atoms with Crippen molar-refractivity contribution in [3.8, 4) is 0 Å². The minimum atomic E-state index is 0.310. The summed E-state index contributed by atoms with van der Waals surface area (Å²) in [4.78, 5) is 11.9. The van der Waals surface area contributed by atoms with Crippen LogP contribution in [0.3, 0.4) is 0 Å². The van der Waals surface area contributed by atoms with Crippen LogP contribution in [0, 0.1) is 11.3 Å². The second-order valence-corrected chi connectivity index (χ2v) is 6.10. The predicted octanol–water partition coefficient (Wildman–Crippen LogP) is 3.25. The second kappa shape index (κ2) is 5.52. The number of nitrogens with one attached hydrogen (secondary N) is 1. The van der Waals surface area contributed by atoms with Gasteiger partial charge in [0.25, 0.3) is 0 Å². The molecule has 0 aromatic carbocycles. The molecule has 0 aromatic heterocycles. The molecule has 16 heavy (non-hydrogen) atoms. The molecule has 0 bridgehead atoms. The average molecular weight is 288 g/mol. The number of carbonyl (C=O) groups is 1. The molecule has 0 aliphatic heterocycles. The zero-order chi connectivity index (χ0) is 11.4. The van der Waals surface area contributed by atoms with Gasteiger partial charge in [0.1, 0.15) is 0 Å². The molecule has 2 aliphatic rings. The van der Waals surface area contributed by atoms with Gasteiger partial charge in [0, 0.05) is 17.8 Å². The quantitative estimate of drug-likeness (QED) is 0.790. The lowest BCUT2D eigenvalue weighted by Gasteiger charge is -2.27. The Bertz CT molecular complexity index is 242. The van der Waals surface area contributed by atoms with Crippen LogP contribution in [0.4, 0.5) is 0 Å². The van der Waals surface area contributed by atoms with Crippen molar-refractivity contribution in [1.82, 2.24) is 5.32 Å². The maximum Gasteiger partial charge on any atom is 0.223 e. The summed E-state index contributed by atoms with van der Waals surface area (Å²) in [5, 5.41) is 4.22. The molecule has 0 spiro atoms. The normalized spacial score (nSPS) is 24.8. The van der Waals surface area contributed by atoms with Crippen molar-refractivity contribution in [1.29, 1.82) is 0 Å². The van der Waals surface area contributed by atoms with Gasteiger partial charge >= 0.3 is 0 Å². The molecule has 0 atom stereocenters. The molecule has 2 rings (SSSR count). The van der Waals surface area contributed by atoms with Gasteiger partial charge < -0.3 is 5.32 Å². The van der Waals surface area contributed by atoms with Crippen LogP contribution < -0.4 is 5.32 Å². The number of hydrogen-bond donors (Lipinski definition) is 1. The SMILES string of the molecule is O=C(NCC1(CBr)CCCC1)C1CCCC1. The van der Waals surface area contributed by atoms with Gasteiger partial charge in [-0.2, -0.15) is 0 Å². The molecule has 2 nitrogen and oxygen atoms in total. The van der Waals surface area contributed by atoms with E-state index in [0.717, 1.165) is 24.7 Å². The highest BCUT2D eigenvalue weighted by molar-refractivity contribution is 9.09. The summed E-state index contributed by atoms with van der Waals surface area (Å²) in [6.45, 7) is 0.883. The van der Waals surface area contributed by atoms with E-state index in [2.05, 4.69) is 21.2 Å². The summed E-state index contributed by atoms with van der Waals surface area (Å²) in [5.74, 6) is 0.624. The molecule has 2 fully saturated rings. The van der Waals surface area contributed by atoms with E-state index in [1.807, 2.05) is 0 Å². The van der Waals surface area contributed by atoms with Gasteiger partial charge in [-0.05, 0) is 31.1 Å². The number of hydrogen-bond acceptors (Lipinski definition) is 1. The van der Waals surface area contributed by atoms with E-state index >= 15 is 0 Å². The smallest absolute Gasteiger partial charge is 0.223 e. The summed E-state index contributed by atoms with van der Waals surface area (Å²) < 4.78 is 0. The van der Waals surface area contributed by atoms with Gasteiger partial charge in [-0.15, -0.1) is 0 Å². The minimum absolute atomic E-state index is 0.310. The van der Waals surface area contributed by atoms with Gasteiger partial charge in [0.05, 0.1) is 0 Å². The van der Waals surface area contributed by atoms with Gasteiger partial charge in [0.15, 0.2) is 0 Å². The fraction of sp³-hybridized carbons (Fsp3) is 0.923. The van der Waals surface area contributed by atoms with Gasteiger partial charge in [-0.3, -0.25) is 4.79 Å². The van der Waals surface area contributed by atoms with Crippen LogP contribution in [0.25, 0.3) is 0 Å². The zero-order valence-electron chi connectivity index (χ0n) is 9.93. The molecule has 1 N–H and O–H groups in total. The van der Waals surface area contributed by atoms with Crippen LogP contribution in [-0.2, 0) is 4.79 Å². The molecule has 0 heterocycles. The van der Waals surface area contributed by atoms with E-state index in [1.165, 1.54) is 38.5 Å². The molecule has 0 unspecified atom stereocenters. The summed E-state index contributed by atoms with van der Waals surface area (Å²) in [6.07, 6.45) is 9.87. The molecule has 0 aromatic rings. The lowest BCUT2D eigenvalue weighted by atomic mass is 9.88. The molecule has 0 saturated heterocycles. The van der Waals surface area contributed by atoms with E-state index < -0.39 is 0 Å². The Morgan fingerprint density at radius 2 is 1.81 bits per heavy atom. The standard InChI is InChI=1S/C13H22BrNO/c14-9-13(7-3-4-8-13)10-15-12(16)11-5-1-2-6-11/h11H,1-10H2,(H,15,16). The molecule has 92 valence electrons. The lowest BCUT2D eigenvalue weighted by Crippen LogP contribution is -2.39. The minimum Gasteiger partial charge on any atom is -0.355 e. The third-order valence-electron chi connectivity index (χ3n) is 4.31. The average Bonchev–Trinajstić information content (AvgIpc) is 2.98. The first-order chi connectivity index (χ1) is 7.76. The fourth-order valence-corrected chi connectivity index (χ4v) is 3.85. The highest BCUT2D eigenvalue weighted by atomic mass is 79.9. The van der Waals surface area contributed by atoms with Crippen molar-refractivity contribution in [3.05, 3.63) is 0 Å². The Morgan fingerprint density at radius 1 is 1.19 bits per heavy atom. The highest BCUT2D eigenvalue weighted by Crippen LogP contribution is 2.39. The summed E-state index contributed by atoms with van der Waals surface area (Å²) in [6, 6.07) is 0. The molecular weight excluding hydrogens is 266 g/mol. The fourth-order valence-electron chi connectivity index (χ4n) is 3.09. The first-order valence-electron chi connectivity index (χ1n) is 6.59. The Morgan fingerprint density at radius 3 is 2.38 bits per heavy atom. The Kier molecular flexibility index (Phi) is 4.28. The van der Waals surface area contributed by atoms with Crippen molar-refractivity contribution in [2.45, 2.75) is 51.4 Å². The van der Waals surface area contributed by atoms with E-state index in [0.29, 0.717) is 17.2 Å². The van der Waals surface area contributed by atoms with E-state index in [9.17, 15) is 4.79 Å². The summed E-state index contributed by atoms with van der Waals surface area (Å²) in [7, 11) is 0. The second-order valence-electron chi connectivity index (χ2n) is 5.54. The van der Waals surface area contributed by atoms with Gasteiger partial charge in [-0.1, -0.05) is 41.6 Å². The van der Waals surface area contributed by atoms with E-state index in [-0.39, 0.29) is 0 Å². The first-order valence-corrected chi connectivity index (χ1v) is 7.72. The molecule has 3 heteroatoms. The lowest BCUT2D eigenvalue weighted by molar-refractivity contribution is -0.125. The molecule has 2 aliphatic carbocycles. The number of carbonyl (C=O) groups excluding carboxylic acids is 1. The monoisotopic (exact) mass is 287 g/mol. The predicted molar refractivity (Wildman–Crippen MR) is 69.7 cm³/mol. The van der Waals surface area contributed by atoms with Crippen LogP contribution >= 0.6 is 15.9 Å². The third kappa shape index (κ3) is 2.79. The third-order valence-corrected chi connectivity index (χ3v) is 5.50. The van der Waals surface area contributed by atoms with Crippen molar-refractivity contribution in [3.63, 3.8) is 0 Å². The molecular formula is C13H22BrNO. The topological polar surface area (TPSA) is 29.1 Å². The summed E-state index contributed by atoms with van der Waals surface area (Å²) in [5.41, 5.74) is 0.355. The molecule has 0 radical (unpaired) electrons. The number of alkyl halides is 1. The number of amides is 1. The van der Waals surface area contributed by atoms with Crippen molar-refractivity contribution < 1.29 is 4.79 Å². The van der Waals surface area contributed by atoms with Crippen molar-refractivity contribution in [2.24, 2.45) is 11.3 Å². The van der Waals surface area contributed by atoms with E-state index in [1.54, 1.807) is 0 Å². The van der Waals surface area contributed by atoms with Crippen LogP contribution in [0.5, 0.6) is 0 Å². The molecule has 1 amide bonds. The Labute approximate surface area is 107 Å². The van der Waals surface area contributed by atoms with E-state index in [4.69, 9.17) is 0 Å². The highest BCUT2D eigenvalue weighted by Gasteiger charge is 2.34. The molecule has 2 saturated carbocycles. The maximum absolute atomic E-state index is 11.9. The van der Waals surface area contributed by atoms with Gasteiger partial charge in [-0.25, -0.2) is 0 Å². The van der Waals surface area contributed by atoms with Crippen LogP contribution in [-0.4, -0.2) is 17.8 Å². The van der Waals surface area contributed by atoms with Crippen LogP contribution in [0.15, 0.2) is 0 Å². The Hall–Kier alpha value is -0.0500. The largest absolute Gasteiger partial charge is 0.355 e. The number of rotatable bonds is 4. The maximum atomic E-state index is 11.9. The zero-order valence-corrected chi connectivity index (χ0v) is 11.5. The summed E-state index contributed by atoms with van der Waals surface area (Å²) >= 11 is 3.62. The number of halogens is 1.